The Morgan fingerprint density at radius 1 is 1.11 bits per heavy atom. The number of oxime groups is 1. The van der Waals surface area contributed by atoms with Gasteiger partial charge in [0.25, 0.3) is 0 Å². The summed E-state index contributed by atoms with van der Waals surface area (Å²) in [4.78, 5) is 11.4. The van der Waals surface area contributed by atoms with E-state index >= 15 is 0 Å². The Bertz CT molecular complexity index is 736. The molecule has 2 saturated carbocycles. The molecule has 4 rings (SSSR count). The molecule has 0 saturated heterocycles. The van der Waals surface area contributed by atoms with Crippen molar-refractivity contribution in [3.05, 3.63) is 23.3 Å². The lowest BCUT2D eigenvalue weighted by molar-refractivity contribution is -0.148. The van der Waals surface area contributed by atoms with Crippen LogP contribution in [-0.2, 0) is 9.53 Å². The fourth-order valence-electron chi connectivity index (χ4n) is 7.14. The number of esters is 1. The first kappa shape index (κ1) is 18.8. The van der Waals surface area contributed by atoms with Crippen LogP contribution >= 0.6 is 0 Å². The van der Waals surface area contributed by atoms with Crippen LogP contribution < -0.4 is 0 Å². The molecular formula is C23H33NO3. The third kappa shape index (κ3) is 2.78. The quantitative estimate of drug-likeness (QED) is 0.237. The van der Waals surface area contributed by atoms with Gasteiger partial charge in [0.15, 0.2) is 0 Å². The lowest BCUT2D eigenvalue weighted by Crippen LogP contribution is -2.50. The minimum absolute atomic E-state index is 0.0652. The van der Waals surface area contributed by atoms with Crippen molar-refractivity contribution in [3.8, 4) is 0 Å². The summed E-state index contributed by atoms with van der Waals surface area (Å²) in [7, 11) is 0. The maximum Gasteiger partial charge on any atom is 0.302 e. The molecule has 4 aliphatic rings. The highest BCUT2D eigenvalue weighted by Crippen LogP contribution is 2.65. The Hall–Kier alpha value is -1.58. The zero-order valence-corrected chi connectivity index (χ0v) is 17.1. The van der Waals surface area contributed by atoms with Crippen LogP contribution in [0.2, 0.25) is 0 Å². The van der Waals surface area contributed by atoms with Crippen LogP contribution in [-0.4, -0.2) is 23.0 Å². The van der Waals surface area contributed by atoms with Crippen molar-refractivity contribution in [2.45, 2.75) is 78.7 Å². The van der Waals surface area contributed by atoms with Crippen LogP contribution in [0.3, 0.4) is 0 Å². The predicted octanol–water partition coefficient (Wildman–Crippen LogP) is 5.27. The monoisotopic (exact) mass is 371 g/mol. The largest absolute Gasteiger partial charge is 0.462 e. The number of carbonyl (C=O) groups excluding carboxylic acids is 1. The summed E-state index contributed by atoms with van der Waals surface area (Å²) in [6.45, 7) is 8.30. The predicted molar refractivity (Wildman–Crippen MR) is 106 cm³/mol. The average Bonchev–Trinajstić information content (AvgIpc) is 2.98. The fourth-order valence-corrected chi connectivity index (χ4v) is 7.14. The van der Waals surface area contributed by atoms with Crippen molar-refractivity contribution in [1.82, 2.24) is 0 Å². The highest BCUT2D eigenvalue weighted by Gasteiger charge is 2.57. The van der Waals surface area contributed by atoms with Crippen molar-refractivity contribution in [2.24, 2.45) is 33.7 Å². The topological polar surface area (TPSA) is 58.9 Å². The third-order valence-corrected chi connectivity index (χ3v) is 8.51. The maximum atomic E-state index is 11.4. The molecule has 0 aliphatic heterocycles. The molecule has 1 unspecified atom stereocenters. The first-order valence-electron chi connectivity index (χ1n) is 10.6. The summed E-state index contributed by atoms with van der Waals surface area (Å²) >= 11 is 0. The van der Waals surface area contributed by atoms with E-state index in [0.29, 0.717) is 17.8 Å². The molecule has 0 bridgehead atoms. The fraction of sp³-hybridized carbons (Fsp3) is 0.739. The van der Waals surface area contributed by atoms with E-state index in [9.17, 15) is 10.0 Å². The molecule has 0 aromatic rings. The van der Waals surface area contributed by atoms with Gasteiger partial charge in [-0.05, 0) is 79.6 Å². The average molecular weight is 372 g/mol. The summed E-state index contributed by atoms with van der Waals surface area (Å²) in [5.74, 6) is 1.90. The molecule has 4 aliphatic carbocycles. The van der Waals surface area contributed by atoms with Gasteiger partial charge < -0.3 is 9.94 Å². The molecule has 0 spiro atoms. The Morgan fingerprint density at radius 2 is 1.85 bits per heavy atom. The first-order chi connectivity index (χ1) is 12.8. The standard InChI is InChI=1S/C23H33NO3/c1-14(24-26)19-7-8-20-18-6-5-16-13-17(27-15(2)25)9-11-22(16,3)21(18)10-12-23(19,20)4/h5,7,17-18,20-21,26H,6,8-13H2,1-4H3/b24-14+/t17?,18-,20-,21-,22-,23+/m0/s1. The molecule has 0 aromatic heterocycles. The SMILES string of the molecule is CC(=O)OC1CC[C@@]2(C)C(=CC[C@@H]3[C@@H]2CC[C@]2(C)C(/C(C)=N/O)=CC[C@@H]32)C1. The van der Waals surface area contributed by atoms with Crippen LogP contribution in [0.5, 0.6) is 0 Å². The van der Waals surface area contributed by atoms with Crippen LogP contribution in [0.4, 0.5) is 0 Å². The molecule has 6 atom stereocenters. The van der Waals surface area contributed by atoms with E-state index in [1.807, 2.05) is 6.92 Å². The Kier molecular flexibility index (Phi) is 4.51. The van der Waals surface area contributed by atoms with Gasteiger partial charge >= 0.3 is 5.97 Å². The maximum absolute atomic E-state index is 11.4. The number of fused-ring (bicyclic) bond motifs is 5. The molecule has 4 heteroatoms. The highest BCUT2D eigenvalue weighted by atomic mass is 16.5. The van der Waals surface area contributed by atoms with Gasteiger partial charge in [-0.3, -0.25) is 4.79 Å². The zero-order chi connectivity index (χ0) is 19.4. The molecule has 148 valence electrons. The van der Waals surface area contributed by atoms with E-state index in [-0.39, 0.29) is 22.9 Å². The Morgan fingerprint density at radius 3 is 2.56 bits per heavy atom. The number of hydrogen-bond acceptors (Lipinski definition) is 4. The summed E-state index contributed by atoms with van der Waals surface area (Å²) in [6.07, 6.45) is 12.6. The molecule has 0 aromatic carbocycles. The van der Waals surface area contributed by atoms with E-state index in [1.54, 1.807) is 0 Å². The molecule has 1 N–H and O–H groups in total. The van der Waals surface area contributed by atoms with Crippen LogP contribution in [0, 0.1) is 28.6 Å². The van der Waals surface area contributed by atoms with Gasteiger partial charge in [0.05, 0.1) is 5.71 Å². The number of ether oxygens (including phenoxy) is 1. The van der Waals surface area contributed by atoms with E-state index in [2.05, 4.69) is 31.2 Å². The molecule has 4 nitrogen and oxygen atoms in total. The summed E-state index contributed by atoms with van der Waals surface area (Å²) in [5.41, 5.74) is 3.99. The normalized spacial score (nSPS) is 43.8. The van der Waals surface area contributed by atoms with Crippen molar-refractivity contribution in [1.29, 1.82) is 0 Å². The van der Waals surface area contributed by atoms with Crippen molar-refractivity contribution in [3.63, 3.8) is 0 Å². The number of carbonyl (C=O) groups is 1. The smallest absolute Gasteiger partial charge is 0.302 e. The van der Waals surface area contributed by atoms with Crippen LogP contribution in [0.25, 0.3) is 0 Å². The Balaban J connectivity index is 1.59. The highest BCUT2D eigenvalue weighted by molar-refractivity contribution is 5.99. The zero-order valence-electron chi connectivity index (χ0n) is 17.1. The number of hydrogen-bond donors (Lipinski definition) is 1. The number of rotatable bonds is 2. The minimum atomic E-state index is -0.156. The van der Waals surface area contributed by atoms with E-state index in [1.165, 1.54) is 30.9 Å². The molecular weight excluding hydrogens is 338 g/mol. The number of nitrogens with zero attached hydrogens (tertiary/aromatic N) is 1. The van der Waals surface area contributed by atoms with Gasteiger partial charge in [-0.15, -0.1) is 0 Å². The minimum Gasteiger partial charge on any atom is -0.462 e. The van der Waals surface area contributed by atoms with Crippen LogP contribution in [0.15, 0.2) is 28.5 Å². The third-order valence-electron chi connectivity index (χ3n) is 8.51. The molecule has 0 amide bonds. The lowest BCUT2D eigenvalue weighted by Gasteiger charge is -2.57. The van der Waals surface area contributed by atoms with E-state index in [0.717, 1.165) is 37.8 Å². The van der Waals surface area contributed by atoms with Gasteiger partial charge in [-0.25, -0.2) is 0 Å². The number of allylic oxidation sites excluding steroid dienone is 3. The van der Waals surface area contributed by atoms with Gasteiger partial charge in [-0.1, -0.05) is 36.7 Å². The van der Waals surface area contributed by atoms with Crippen molar-refractivity contribution < 1.29 is 14.7 Å². The first-order valence-corrected chi connectivity index (χ1v) is 10.6. The van der Waals surface area contributed by atoms with Gasteiger partial charge in [0.2, 0.25) is 0 Å². The second-order valence-corrected chi connectivity index (χ2v) is 9.73. The molecule has 27 heavy (non-hydrogen) atoms. The van der Waals surface area contributed by atoms with Crippen molar-refractivity contribution >= 4 is 11.7 Å². The molecule has 0 radical (unpaired) electrons. The van der Waals surface area contributed by atoms with Crippen molar-refractivity contribution in [2.75, 3.05) is 0 Å². The van der Waals surface area contributed by atoms with Crippen LogP contribution in [0.1, 0.15) is 72.6 Å². The second-order valence-electron chi connectivity index (χ2n) is 9.73. The van der Waals surface area contributed by atoms with Gasteiger partial charge in [-0.2, -0.15) is 0 Å². The summed E-state index contributed by atoms with van der Waals surface area (Å²) < 4.78 is 5.53. The van der Waals surface area contributed by atoms with E-state index < -0.39 is 0 Å². The second kappa shape index (κ2) is 6.49. The summed E-state index contributed by atoms with van der Waals surface area (Å²) in [6, 6.07) is 0. The molecule has 0 heterocycles. The summed E-state index contributed by atoms with van der Waals surface area (Å²) in [5, 5.41) is 12.8. The molecule has 2 fully saturated rings. The van der Waals surface area contributed by atoms with Gasteiger partial charge in [0, 0.05) is 13.3 Å². The Labute approximate surface area is 162 Å². The lowest BCUT2D eigenvalue weighted by atomic mass is 9.47. The van der Waals surface area contributed by atoms with Gasteiger partial charge in [0.1, 0.15) is 6.10 Å². The van der Waals surface area contributed by atoms with E-state index in [4.69, 9.17) is 4.74 Å².